The first kappa shape index (κ1) is 16.3. The second kappa shape index (κ2) is 6.29. The third-order valence-corrected chi connectivity index (χ3v) is 5.95. The SMILES string of the molecule is CCOC1CC(O)C12CCN(c1cc(C#N)c3ccccc3n1)CC2. The zero-order chi connectivity index (χ0) is 17.4. The molecule has 1 saturated carbocycles. The smallest absolute Gasteiger partial charge is 0.130 e. The molecule has 2 aliphatic rings. The van der Waals surface area contributed by atoms with E-state index in [0.29, 0.717) is 12.2 Å². The maximum absolute atomic E-state index is 10.3. The highest BCUT2D eigenvalue weighted by atomic mass is 16.5. The molecule has 1 saturated heterocycles. The van der Waals surface area contributed by atoms with Gasteiger partial charge in [-0.2, -0.15) is 5.26 Å². The molecule has 2 aromatic rings. The van der Waals surface area contributed by atoms with Gasteiger partial charge in [-0.1, -0.05) is 18.2 Å². The van der Waals surface area contributed by atoms with Gasteiger partial charge < -0.3 is 14.7 Å². The molecule has 2 fully saturated rings. The number of aliphatic hydroxyl groups is 1. The molecule has 1 aromatic carbocycles. The Hall–Kier alpha value is -2.16. The number of anilines is 1. The molecule has 0 radical (unpaired) electrons. The van der Waals surface area contributed by atoms with E-state index in [2.05, 4.69) is 11.0 Å². The second-order valence-electron chi connectivity index (χ2n) is 7.07. The number of benzene rings is 1. The van der Waals surface area contributed by atoms with E-state index in [1.54, 1.807) is 0 Å². The first-order chi connectivity index (χ1) is 12.2. The fourth-order valence-electron chi connectivity index (χ4n) is 4.38. The average molecular weight is 337 g/mol. The predicted octanol–water partition coefficient (Wildman–Crippen LogP) is 2.86. The molecule has 1 spiro atoms. The van der Waals surface area contributed by atoms with Crippen LogP contribution in [0.15, 0.2) is 30.3 Å². The van der Waals surface area contributed by atoms with E-state index in [9.17, 15) is 10.4 Å². The van der Waals surface area contributed by atoms with Crippen LogP contribution < -0.4 is 4.90 Å². The largest absolute Gasteiger partial charge is 0.392 e. The van der Waals surface area contributed by atoms with Crippen LogP contribution >= 0.6 is 0 Å². The maximum Gasteiger partial charge on any atom is 0.130 e. The lowest BCUT2D eigenvalue weighted by atomic mass is 9.58. The zero-order valence-electron chi connectivity index (χ0n) is 14.5. The van der Waals surface area contributed by atoms with Crippen LogP contribution in [0.4, 0.5) is 5.82 Å². The van der Waals surface area contributed by atoms with Crippen molar-refractivity contribution >= 4 is 16.7 Å². The number of ether oxygens (including phenoxy) is 1. The summed E-state index contributed by atoms with van der Waals surface area (Å²) in [7, 11) is 0. The Bertz CT molecular complexity index is 819. The predicted molar refractivity (Wildman–Crippen MR) is 96.4 cm³/mol. The van der Waals surface area contributed by atoms with E-state index in [1.807, 2.05) is 37.3 Å². The van der Waals surface area contributed by atoms with Crippen LogP contribution in [-0.4, -0.2) is 42.0 Å². The summed E-state index contributed by atoms with van der Waals surface area (Å²) < 4.78 is 5.84. The average Bonchev–Trinajstić information content (AvgIpc) is 2.67. The Kier molecular flexibility index (Phi) is 4.10. The van der Waals surface area contributed by atoms with Crippen molar-refractivity contribution in [1.29, 1.82) is 5.26 Å². The van der Waals surface area contributed by atoms with Gasteiger partial charge in [0.25, 0.3) is 0 Å². The normalized spacial score (nSPS) is 24.9. The van der Waals surface area contributed by atoms with E-state index < -0.39 is 0 Å². The lowest BCUT2D eigenvalue weighted by Crippen LogP contribution is -2.62. The molecule has 2 unspecified atom stereocenters. The Labute approximate surface area is 147 Å². The highest BCUT2D eigenvalue weighted by molar-refractivity contribution is 5.86. The van der Waals surface area contributed by atoms with Gasteiger partial charge >= 0.3 is 0 Å². The number of nitriles is 1. The molecule has 2 heterocycles. The van der Waals surface area contributed by atoms with E-state index in [1.165, 1.54) is 0 Å². The lowest BCUT2D eigenvalue weighted by molar-refractivity contribution is -0.199. The molecule has 2 atom stereocenters. The summed E-state index contributed by atoms with van der Waals surface area (Å²) in [6, 6.07) is 11.9. The fraction of sp³-hybridized carbons (Fsp3) is 0.500. The molecule has 5 nitrogen and oxygen atoms in total. The summed E-state index contributed by atoms with van der Waals surface area (Å²) in [5, 5.41) is 20.7. The van der Waals surface area contributed by atoms with Gasteiger partial charge in [-0.15, -0.1) is 0 Å². The molecular formula is C20H23N3O2. The zero-order valence-corrected chi connectivity index (χ0v) is 14.5. The lowest BCUT2D eigenvalue weighted by Gasteiger charge is -2.56. The van der Waals surface area contributed by atoms with Crippen molar-refractivity contribution in [2.24, 2.45) is 5.41 Å². The van der Waals surface area contributed by atoms with Crippen molar-refractivity contribution in [1.82, 2.24) is 4.98 Å². The van der Waals surface area contributed by atoms with Gasteiger partial charge in [0, 0.05) is 36.9 Å². The molecule has 1 N–H and O–H groups in total. The Balaban J connectivity index is 1.57. The molecule has 130 valence electrons. The number of aliphatic hydroxyl groups excluding tert-OH is 1. The number of nitrogens with zero attached hydrogens (tertiary/aromatic N) is 3. The number of para-hydroxylation sites is 1. The van der Waals surface area contributed by atoms with Crippen LogP contribution in [0.25, 0.3) is 10.9 Å². The van der Waals surface area contributed by atoms with Crippen LogP contribution in [0.2, 0.25) is 0 Å². The van der Waals surface area contributed by atoms with Gasteiger partial charge in [-0.05, 0) is 31.9 Å². The van der Waals surface area contributed by atoms with Crippen molar-refractivity contribution in [2.45, 2.75) is 38.4 Å². The standard InChI is InChI=1S/C20H23N3O2/c1-2-25-18-12-17(24)20(18)7-9-23(10-8-20)19-11-14(13-21)15-5-3-4-6-16(15)22-19/h3-6,11,17-18,24H,2,7-10,12H2,1H3. The first-order valence-corrected chi connectivity index (χ1v) is 9.02. The van der Waals surface area contributed by atoms with Gasteiger partial charge in [0.2, 0.25) is 0 Å². The van der Waals surface area contributed by atoms with Crippen LogP contribution in [0.1, 0.15) is 31.7 Å². The monoisotopic (exact) mass is 337 g/mol. The maximum atomic E-state index is 10.3. The van der Waals surface area contributed by atoms with Gasteiger partial charge in [0.1, 0.15) is 5.82 Å². The number of aromatic nitrogens is 1. The fourth-order valence-corrected chi connectivity index (χ4v) is 4.38. The van der Waals surface area contributed by atoms with Crippen LogP contribution in [0, 0.1) is 16.7 Å². The van der Waals surface area contributed by atoms with Crippen LogP contribution in [0.5, 0.6) is 0 Å². The molecule has 0 amide bonds. The van der Waals surface area contributed by atoms with Crippen LogP contribution in [-0.2, 0) is 4.74 Å². The quantitative estimate of drug-likeness (QED) is 0.933. The number of hydrogen-bond acceptors (Lipinski definition) is 5. The number of hydrogen-bond donors (Lipinski definition) is 1. The first-order valence-electron chi connectivity index (χ1n) is 9.02. The van der Waals surface area contributed by atoms with Crippen molar-refractivity contribution in [2.75, 3.05) is 24.6 Å². The summed E-state index contributed by atoms with van der Waals surface area (Å²) in [4.78, 5) is 6.98. The highest BCUT2D eigenvalue weighted by Gasteiger charge is 2.56. The van der Waals surface area contributed by atoms with E-state index in [0.717, 1.165) is 49.1 Å². The molecule has 1 aliphatic heterocycles. The van der Waals surface area contributed by atoms with Gasteiger partial charge in [0.15, 0.2) is 0 Å². The molecule has 1 aromatic heterocycles. The Morgan fingerprint density at radius 1 is 1.36 bits per heavy atom. The minimum Gasteiger partial charge on any atom is -0.392 e. The van der Waals surface area contributed by atoms with Crippen LogP contribution in [0.3, 0.4) is 0 Å². The van der Waals surface area contributed by atoms with Crippen molar-refractivity contribution < 1.29 is 9.84 Å². The molecule has 0 bridgehead atoms. The second-order valence-corrected chi connectivity index (χ2v) is 7.07. The van der Waals surface area contributed by atoms with E-state index >= 15 is 0 Å². The Morgan fingerprint density at radius 3 is 2.80 bits per heavy atom. The summed E-state index contributed by atoms with van der Waals surface area (Å²) in [5.41, 5.74) is 1.42. The number of fused-ring (bicyclic) bond motifs is 1. The molecule has 4 rings (SSSR count). The van der Waals surface area contributed by atoms with Gasteiger partial charge in [0.05, 0.1) is 29.4 Å². The number of rotatable bonds is 3. The van der Waals surface area contributed by atoms with Crippen molar-refractivity contribution in [3.8, 4) is 6.07 Å². The van der Waals surface area contributed by atoms with Gasteiger partial charge in [-0.3, -0.25) is 0 Å². The number of piperidine rings is 1. The summed E-state index contributed by atoms with van der Waals surface area (Å²) in [6.45, 7) is 4.37. The van der Waals surface area contributed by atoms with Crippen molar-refractivity contribution in [3.05, 3.63) is 35.9 Å². The molecule has 25 heavy (non-hydrogen) atoms. The van der Waals surface area contributed by atoms with Gasteiger partial charge in [-0.25, -0.2) is 4.98 Å². The molecular weight excluding hydrogens is 314 g/mol. The minimum atomic E-state index is -0.259. The third-order valence-electron chi connectivity index (χ3n) is 5.95. The molecule has 5 heteroatoms. The minimum absolute atomic E-state index is 0.0958. The topological polar surface area (TPSA) is 69.4 Å². The van der Waals surface area contributed by atoms with E-state index in [4.69, 9.17) is 9.72 Å². The summed E-state index contributed by atoms with van der Waals surface area (Å²) in [6.07, 6.45) is 2.46. The highest BCUT2D eigenvalue weighted by Crippen LogP contribution is 2.51. The Morgan fingerprint density at radius 2 is 2.12 bits per heavy atom. The van der Waals surface area contributed by atoms with Crippen molar-refractivity contribution in [3.63, 3.8) is 0 Å². The summed E-state index contributed by atoms with van der Waals surface area (Å²) >= 11 is 0. The summed E-state index contributed by atoms with van der Waals surface area (Å²) in [5.74, 6) is 0.854. The molecule has 1 aliphatic carbocycles. The third kappa shape index (κ3) is 2.57. The van der Waals surface area contributed by atoms with E-state index in [-0.39, 0.29) is 17.6 Å². The number of pyridine rings is 1.